The van der Waals surface area contributed by atoms with Crippen LogP contribution in [-0.2, 0) is 0 Å². The highest BCUT2D eigenvalue weighted by atomic mass is 16.3. The maximum atomic E-state index is 9.08. The molecule has 0 radical (unpaired) electrons. The van der Waals surface area contributed by atoms with Crippen molar-refractivity contribution in [2.45, 2.75) is 19.3 Å². The van der Waals surface area contributed by atoms with E-state index in [0.29, 0.717) is 11.6 Å². The summed E-state index contributed by atoms with van der Waals surface area (Å²) < 4.78 is 0. The van der Waals surface area contributed by atoms with E-state index in [1.807, 2.05) is 0 Å². The van der Waals surface area contributed by atoms with Gasteiger partial charge in [0.1, 0.15) is 5.82 Å². The first-order valence-corrected chi connectivity index (χ1v) is 6.50. The highest BCUT2D eigenvalue weighted by Gasteiger charge is 2.41. The second-order valence-electron chi connectivity index (χ2n) is 5.11. The summed E-state index contributed by atoms with van der Waals surface area (Å²) in [5.41, 5.74) is 0.962. The molecule has 4 N–H and O–H groups in total. The second-order valence-corrected chi connectivity index (χ2v) is 5.11. The Morgan fingerprint density at radius 2 is 2.26 bits per heavy atom. The van der Waals surface area contributed by atoms with E-state index in [4.69, 9.17) is 5.11 Å². The minimum absolute atomic E-state index is 0.244. The summed E-state index contributed by atoms with van der Waals surface area (Å²) in [7, 11) is 1.79. The number of fused-ring (bicyclic) bond motifs is 1. The fraction of sp³-hybridized carbons (Fsp3) is 0.583. The first kappa shape index (κ1) is 12.2. The maximum absolute atomic E-state index is 9.08. The van der Waals surface area contributed by atoms with Gasteiger partial charge < -0.3 is 15.7 Å². The molecule has 1 fully saturated rings. The Morgan fingerprint density at radius 1 is 1.42 bits per heavy atom. The van der Waals surface area contributed by atoms with Gasteiger partial charge in [-0.2, -0.15) is 15.1 Å². The van der Waals surface area contributed by atoms with E-state index >= 15 is 0 Å². The third-order valence-corrected chi connectivity index (χ3v) is 3.76. The highest BCUT2D eigenvalue weighted by Crippen LogP contribution is 2.48. The summed E-state index contributed by atoms with van der Waals surface area (Å²) >= 11 is 0. The molecule has 0 unspecified atom stereocenters. The maximum Gasteiger partial charge on any atom is 0.226 e. The first-order valence-electron chi connectivity index (χ1n) is 6.50. The van der Waals surface area contributed by atoms with Crippen molar-refractivity contribution in [1.82, 2.24) is 20.2 Å². The van der Waals surface area contributed by atoms with Gasteiger partial charge in [-0.15, -0.1) is 0 Å². The van der Waals surface area contributed by atoms with Crippen LogP contribution in [0.25, 0.3) is 11.0 Å². The Balaban J connectivity index is 1.81. The van der Waals surface area contributed by atoms with E-state index in [1.54, 1.807) is 13.2 Å². The number of aliphatic hydroxyl groups is 1. The number of aromatic amines is 1. The van der Waals surface area contributed by atoms with E-state index < -0.39 is 0 Å². The number of rotatable bonds is 6. The molecule has 0 saturated heterocycles. The molecule has 1 aliphatic rings. The Hall–Kier alpha value is -1.89. The molecule has 2 aromatic heterocycles. The molecule has 7 heteroatoms. The number of nitrogens with zero attached hydrogens (tertiary/aromatic N) is 3. The molecule has 7 nitrogen and oxygen atoms in total. The summed E-state index contributed by atoms with van der Waals surface area (Å²) in [6, 6.07) is 0. The smallest absolute Gasteiger partial charge is 0.226 e. The van der Waals surface area contributed by atoms with E-state index in [1.165, 1.54) is 12.8 Å². The van der Waals surface area contributed by atoms with E-state index in [0.717, 1.165) is 24.2 Å². The fourth-order valence-electron chi connectivity index (χ4n) is 2.28. The number of hydrogen-bond acceptors (Lipinski definition) is 6. The Bertz CT molecular complexity index is 577. The van der Waals surface area contributed by atoms with Gasteiger partial charge in [-0.1, -0.05) is 0 Å². The average Bonchev–Trinajstić information content (AvgIpc) is 3.02. The van der Waals surface area contributed by atoms with Crippen LogP contribution in [-0.4, -0.2) is 45.5 Å². The van der Waals surface area contributed by atoms with Gasteiger partial charge in [-0.05, 0) is 24.7 Å². The molecule has 1 aliphatic carbocycles. The highest BCUT2D eigenvalue weighted by molar-refractivity contribution is 5.86. The van der Waals surface area contributed by atoms with Crippen LogP contribution in [0.5, 0.6) is 0 Å². The molecular weight excluding hydrogens is 244 g/mol. The number of H-pyrrole nitrogens is 1. The third kappa shape index (κ3) is 2.33. The minimum atomic E-state index is 0.244. The minimum Gasteiger partial charge on any atom is -0.396 e. The molecule has 1 saturated carbocycles. The van der Waals surface area contributed by atoms with Crippen molar-refractivity contribution < 1.29 is 5.11 Å². The molecule has 0 atom stereocenters. The van der Waals surface area contributed by atoms with Crippen molar-refractivity contribution in [3.8, 4) is 0 Å². The quantitative estimate of drug-likeness (QED) is 0.619. The SMILES string of the molecule is CNc1nc(NCC2(CCO)CC2)c2cn[nH]c2n1. The number of nitrogens with one attached hydrogen (secondary N) is 3. The summed E-state index contributed by atoms with van der Waals surface area (Å²) in [5.74, 6) is 1.35. The van der Waals surface area contributed by atoms with Gasteiger partial charge in [-0.25, -0.2) is 0 Å². The molecule has 0 aliphatic heterocycles. The summed E-state index contributed by atoms with van der Waals surface area (Å²) in [5, 5.41) is 23.1. The normalized spacial score (nSPS) is 16.5. The van der Waals surface area contributed by atoms with Crippen LogP contribution in [0, 0.1) is 5.41 Å². The average molecular weight is 262 g/mol. The molecule has 0 bridgehead atoms. The van der Waals surface area contributed by atoms with Crippen molar-refractivity contribution in [3.63, 3.8) is 0 Å². The standard InChI is InChI=1S/C12H18N6O/c1-13-11-16-9(8-6-15-18-10(8)17-11)14-7-12(2-3-12)4-5-19/h6,19H,2-5,7H2,1H3,(H3,13,14,15,16,17,18). The van der Waals surface area contributed by atoms with E-state index in [-0.39, 0.29) is 12.0 Å². The monoisotopic (exact) mass is 262 g/mol. The van der Waals surface area contributed by atoms with E-state index in [9.17, 15) is 0 Å². The fourth-order valence-corrected chi connectivity index (χ4v) is 2.28. The van der Waals surface area contributed by atoms with Gasteiger partial charge in [0, 0.05) is 20.2 Å². The van der Waals surface area contributed by atoms with Gasteiger partial charge in [-0.3, -0.25) is 5.10 Å². The number of anilines is 2. The van der Waals surface area contributed by atoms with Crippen LogP contribution >= 0.6 is 0 Å². The van der Waals surface area contributed by atoms with Crippen LogP contribution in [0.4, 0.5) is 11.8 Å². The molecule has 3 rings (SSSR count). The molecule has 0 amide bonds. The first-order chi connectivity index (χ1) is 9.26. The topological polar surface area (TPSA) is 98.8 Å². The zero-order valence-corrected chi connectivity index (χ0v) is 10.9. The van der Waals surface area contributed by atoms with Gasteiger partial charge in [0.15, 0.2) is 5.65 Å². The van der Waals surface area contributed by atoms with E-state index in [2.05, 4.69) is 30.8 Å². The number of aliphatic hydroxyl groups excluding tert-OH is 1. The zero-order valence-electron chi connectivity index (χ0n) is 10.9. The zero-order chi connectivity index (χ0) is 13.3. The van der Waals surface area contributed by atoms with Gasteiger partial charge in [0.05, 0.1) is 11.6 Å². The summed E-state index contributed by atoms with van der Waals surface area (Å²) in [6.45, 7) is 1.07. The third-order valence-electron chi connectivity index (χ3n) is 3.76. The van der Waals surface area contributed by atoms with Gasteiger partial charge in [0.2, 0.25) is 5.95 Å². The van der Waals surface area contributed by atoms with Crippen molar-refractivity contribution in [2.75, 3.05) is 30.8 Å². The largest absolute Gasteiger partial charge is 0.396 e. The van der Waals surface area contributed by atoms with Crippen LogP contribution in [0.15, 0.2) is 6.20 Å². The lowest BCUT2D eigenvalue weighted by Crippen LogP contribution is -2.18. The molecule has 102 valence electrons. The lowest BCUT2D eigenvalue weighted by Gasteiger charge is -2.15. The Morgan fingerprint density at radius 3 is 2.95 bits per heavy atom. The van der Waals surface area contributed by atoms with Crippen molar-refractivity contribution in [1.29, 1.82) is 0 Å². The molecule has 2 heterocycles. The van der Waals surface area contributed by atoms with Gasteiger partial charge in [0.25, 0.3) is 0 Å². The molecule has 2 aromatic rings. The lowest BCUT2D eigenvalue weighted by molar-refractivity contribution is 0.253. The number of hydrogen-bond donors (Lipinski definition) is 4. The van der Waals surface area contributed by atoms with Crippen LogP contribution < -0.4 is 10.6 Å². The predicted octanol–water partition coefficient (Wildman–Crippen LogP) is 0.969. The summed E-state index contributed by atoms with van der Waals surface area (Å²) in [4.78, 5) is 8.72. The molecule has 0 aromatic carbocycles. The van der Waals surface area contributed by atoms with Crippen LogP contribution in [0.1, 0.15) is 19.3 Å². The van der Waals surface area contributed by atoms with Crippen molar-refractivity contribution >= 4 is 22.8 Å². The lowest BCUT2D eigenvalue weighted by atomic mass is 10.0. The van der Waals surface area contributed by atoms with Gasteiger partial charge >= 0.3 is 0 Å². The predicted molar refractivity (Wildman–Crippen MR) is 73.1 cm³/mol. The van der Waals surface area contributed by atoms with Crippen LogP contribution in [0.2, 0.25) is 0 Å². The second kappa shape index (κ2) is 4.65. The van der Waals surface area contributed by atoms with Crippen molar-refractivity contribution in [3.05, 3.63) is 6.20 Å². The summed E-state index contributed by atoms with van der Waals surface area (Å²) in [6.07, 6.45) is 4.90. The number of aromatic nitrogens is 4. The molecule has 0 spiro atoms. The Kier molecular flexibility index (Phi) is 2.98. The molecule has 19 heavy (non-hydrogen) atoms. The van der Waals surface area contributed by atoms with Crippen LogP contribution in [0.3, 0.4) is 0 Å². The van der Waals surface area contributed by atoms with Crippen molar-refractivity contribution in [2.24, 2.45) is 5.41 Å². The molecular formula is C12H18N6O. The Labute approximate surface area is 110 Å².